The van der Waals surface area contributed by atoms with Crippen molar-refractivity contribution >= 4 is 21.8 Å². The summed E-state index contributed by atoms with van der Waals surface area (Å²) in [5.41, 5.74) is 0.722. The van der Waals surface area contributed by atoms with Gasteiger partial charge in [0, 0.05) is 19.4 Å². The van der Waals surface area contributed by atoms with Crippen LogP contribution in [0.3, 0.4) is 0 Å². The van der Waals surface area contributed by atoms with E-state index in [0.29, 0.717) is 10.5 Å². The number of furan rings is 1. The number of carbonyl (C=O) groups excluding carboxylic acids is 1. The first-order valence-electron chi connectivity index (χ1n) is 6.83. The van der Waals surface area contributed by atoms with E-state index in [1.807, 2.05) is 7.05 Å². The zero-order chi connectivity index (χ0) is 16.4. The molecule has 7 heteroatoms. The fraction of sp³-hybridized carbons (Fsp3) is 0.125. The van der Waals surface area contributed by atoms with Crippen LogP contribution in [-0.2, 0) is 7.05 Å². The quantitative estimate of drug-likeness (QED) is 0.757. The van der Waals surface area contributed by atoms with Gasteiger partial charge in [-0.1, -0.05) is 12.1 Å². The lowest BCUT2D eigenvalue weighted by molar-refractivity contribution is 0.0912. The summed E-state index contributed by atoms with van der Waals surface area (Å²) in [5, 5.41) is 2.87. The Bertz CT molecular complexity index is 826. The molecule has 0 aliphatic carbocycles. The second-order valence-electron chi connectivity index (χ2n) is 4.96. The Morgan fingerprint density at radius 2 is 2.04 bits per heavy atom. The maximum Gasteiger partial charge on any atom is 0.287 e. The number of carbonyl (C=O) groups is 1. The lowest BCUT2D eigenvalue weighted by Crippen LogP contribution is -2.30. The summed E-state index contributed by atoms with van der Waals surface area (Å²) in [6.45, 7) is 0. The van der Waals surface area contributed by atoms with Crippen LogP contribution in [0, 0.1) is 5.82 Å². The number of nitrogens with one attached hydrogen (secondary N) is 1. The van der Waals surface area contributed by atoms with Crippen molar-refractivity contribution in [2.24, 2.45) is 7.05 Å². The summed E-state index contributed by atoms with van der Waals surface area (Å²) in [7, 11) is 1.83. The molecule has 0 bridgehead atoms. The number of halogens is 2. The summed E-state index contributed by atoms with van der Waals surface area (Å²) in [4.78, 5) is 16.7. The highest BCUT2D eigenvalue weighted by atomic mass is 79.9. The SMILES string of the molecule is Cn1ccnc1C(NC(=O)c1ccc(Br)o1)c1ccc(F)cc1. The van der Waals surface area contributed by atoms with Gasteiger partial charge in [0.25, 0.3) is 5.91 Å². The second-order valence-corrected chi connectivity index (χ2v) is 5.74. The molecule has 5 nitrogen and oxygen atoms in total. The summed E-state index contributed by atoms with van der Waals surface area (Å²) in [5.74, 6) is 0.0930. The summed E-state index contributed by atoms with van der Waals surface area (Å²) in [6.07, 6.45) is 3.42. The van der Waals surface area contributed by atoms with E-state index < -0.39 is 6.04 Å². The molecule has 2 aromatic heterocycles. The minimum absolute atomic E-state index is 0.179. The Balaban J connectivity index is 1.94. The van der Waals surface area contributed by atoms with E-state index in [1.165, 1.54) is 12.1 Å². The van der Waals surface area contributed by atoms with E-state index in [9.17, 15) is 9.18 Å². The number of hydrogen-bond donors (Lipinski definition) is 1. The van der Waals surface area contributed by atoms with E-state index >= 15 is 0 Å². The molecule has 1 unspecified atom stereocenters. The number of aromatic nitrogens is 2. The first-order chi connectivity index (χ1) is 11.0. The second kappa shape index (κ2) is 6.37. The molecule has 0 aliphatic heterocycles. The molecule has 1 amide bonds. The summed E-state index contributed by atoms with van der Waals surface area (Å²) < 4.78 is 20.7. The molecule has 1 N–H and O–H groups in total. The van der Waals surface area contributed by atoms with Gasteiger partial charge in [0.15, 0.2) is 10.4 Å². The fourth-order valence-electron chi connectivity index (χ4n) is 2.25. The maximum atomic E-state index is 13.2. The molecule has 0 radical (unpaired) electrons. The predicted molar refractivity (Wildman–Crippen MR) is 85.3 cm³/mol. The lowest BCUT2D eigenvalue weighted by atomic mass is 10.1. The molecule has 0 saturated heterocycles. The average Bonchev–Trinajstić information content (AvgIpc) is 3.14. The average molecular weight is 378 g/mol. The van der Waals surface area contributed by atoms with Crippen molar-refractivity contribution in [2.75, 3.05) is 0 Å². The lowest BCUT2D eigenvalue weighted by Gasteiger charge is -2.18. The van der Waals surface area contributed by atoms with E-state index in [2.05, 4.69) is 26.2 Å². The Hall–Kier alpha value is -2.41. The number of aryl methyl sites for hydroxylation is 1. The first kappa shape index (κ1) is 15.5. The third-order valence-electron chi connectivity index (χ3n) is 3.39. The van der Waals surface area contributed by atoms with Crippen LogP contribution in [0.5, 0.6) is 0 Å². The van der Waals surface area contributed by atoms with Crippen molar-refractivity contribution in [1.29, 1.82) is 0 Å². The van der Waals surface area contributed by atoms with Crippen LogP contribution in [-0.4, -0.2) is 15.5 Å². The van der Waals surface area contributed by atoms with Crippen LogP contribution < -0.4 is 5.32 Å². The third kappa shape index (κ3) is 3.34. The molecule has 0 aliphatic rings. The topological polar surface area (TPSA) is 60.1 Å². The van der Waals surface area contributed by atoms with E-state index in [1.54, 1.807) is 41.2 Å². The van der Waals surface area contributed by atoms with Gasteiger partial charge in [-0.2, -0.15) is 0 Å². The Morgan fingerprint density at radius 1 is 1.30 bits per heavy atom. The largest absolute Gasteiger partial charge is 0.444 e. The van der Waals surface area contributed by atoms with Crippen LogP contribution in [0.25, 0.3) is 0 Å². The fourth-order valence-corrected chi connectivity index (χ4v) is 2.55. The molecule has 0 saturated carbocycles. The number of rotatable bonds is 4. The van der Waals surface area contributed by atoms with Gasteiger partial charge < -0.3 is 14.3 Å². The van der Waals surface area contributed by atoms with E-state index in [0.717, 1.165) is 5.56 Å². The molecular weight excluding hydrogens is 365 g/mol. The zero-order valence-corrected chi connectivity index (χ0v) is 13.7. The smallest absolute Gasteiger partial charge is 0.287 e. The van der Waals surface area contributed by atoms with Gasteiger partial charge >= 0.3 is 0 Å². The molecular formula is C16H13BrFN3O2. The molecule has 3 rings (SSSR count). The monoisotopic (exact) mass is 377 g/mol. The molecule has 3 aromatic rings. The van der Waals surface area contributed by atoms with E-state index in [4.69, 9.17) is 4.42 Å². The molecule has 0 spiro atoms. The number of amides is 1. The maximum absolute atomic E-state index is 13.2. The van der Waals surface area contributed by atoms with Crippen molar-refractivity contribution in [3.8, 4) is 0 Å². The number of imidazole rings is 1. The van der Waals surface area contributed by atoms with Crippen LogP contribution in [0.4, 0.5) is 4.39 Å². The number of nitrogens with zero attached hydrogens (tertiary/aromatic N) is 2. The van der Waals surface area contributed by atoms with Crippen molar-refractivity contribution in [3.05, 3.63) is 76.4 Å². The molecule has 1 aromatic carbocycles. The number of hydrogen-bond acceptors (Lipinski definition) is 3. The highest BCUT2D eigenvalue weighted by Crippen LogP contribution is 2.22. The van der Waals surface area contributed by atoms with Gasteiger partial charge in [-0.25, -0.2) is 9.37 Å². The zero-order valence-electron chi connectivity index (χ0n) is 12.2. The van der Waals surface area contributed by atoms with Crippen molar-refractivity contribution in [1.82, 2.24) is 14.9 Å². The first-order valence-corrected chi connectivity index (χ1v) is 7.63. The minimum atomic E-state index is -0.521. The molecule has 1 atom stereocenters. The Kier molecular flexibility index (Phi) is 4.29. The standard InChI is InChI=1S/C16H13BrFN3O2/c1-21-9-8-19-15(21)14(10-2-4-11(18)5-3-10)20-16(22)12-6-7-13(17)23-12/h2-9,14H,1H3,(H,20,22). The molecule has 0 fully saturated rings. The van der Waals surface area contributed by atoms with Crippen LogP contribution in [0.2, 0.25) is 0 Å². The van der Waals surface area contributed by atoms with Gasteiger partial charge in [-0.3, -0.25) is 4.79 Å². The van der Waals surface area contributed by atoms with Crippen molar-refractivity contribution in [2.45, 2.75) is 6.04 Å². The van der Waals surface area contributed by atoms with E-state index in [-0.39, 0.29) is 17.5 Å². The summed E-state index contributed by atoms with van der Waals surface area (Å²) in [6, 6.07) is 8.62. The highest BCUT2D eigenvalue weighted by molar-refractivity contribution is 9.10. The van der Waals surface area contributed by atoms with Gasteiger partial charge in [0.1, 0.15) is 17.7 Å². The van der Waals surface area contributed by atoms with Crippen molar-refractivity contribution < 1.29 is 13.6 Å². The Labute approximate surface area is 140 Å². The summed E-state index contributed by atoms with van der Waals surface area (Å²) >= 11 is 3.17. The van der Waals surface area contributed by atoms with Crippen LogP contribution in [0.15, 0.2) is 57.9 Å². The van der Waals surface area contributed by atoms with Gasteiger partial charge in [0.2, 0.25) is 0 Å². The number of benzene rings is 1. The van der Waals surface area contributed by atoms with Gasteiger partial charge in [-0.05, 0) is 45.8 Å². The van der Waals surface area contributed by atoms with Gasteiger partial charge in [0.05, 0.1) is 0 Å². The van der Waals surface area contributed by atoms with Gasteiger partial charge in [-0.15, -0.1) is 0 Å². The highest BCUT2D eigenvalue weighted by Gasteiger charge is 2.22. The molecule has 2 heterocycles. The Morgan fingerprint density at radius 3 is 2.61 bits per heavy atom. The molecule has 118 valence electrons. The van der Waals surface area contributed by atoms with Crippen LogP contribution >= 0.6 is 15.9 Å². The third-order valence-corrected chi connectivity index (χ3v) is 3.82. The van der Waals surface area contributed by atoms with Crippen LogP contribution in [0.1, 0.15) is 28.0 Å². The predicted octanol–water partition coefficient (Wildman–Crippen LogP) is 3.43. The minimum Gasteiger partial charge on any atom is -0.444 e. The van der Waals surface area contributed by atoms with Crippen molar-refractivity contribution in [3.63, 3.8) is 0 Å². The molecule has 23 heavy (non-hydrogen) atoms. The normalized spacial score (nSPS) is 12.1.